The first-order valence-electron chi connectivity index (χ1n) is 5.33. The summed E-state index contributed by atoms with van der Waals surface area (Å²) in [6.45, 7) is 0.580. The molecular weight excluding hydrogens is 211 g/mol. The summed E-state index contributed by atoms with van der Waals surface area (Å²) in [5.74, 6) is -0.734. The van der Waals surface area contributed by atoms with Gasteiger partial charge in [-0.3, -0.25) is 4.79 Å². The number of hydrogen-bond acceptors (Lipinski definition) is 2. The normalized spacial score (nSPS) is 14.1. The molecule has 0 radical (unpaired) electrons. The van der Waals surface area contributed by atoms with Gasteiger partial charge in [-0.25, -0.2) is 4.39 Å². The molecule has 1 N–H and O–H groups in total. The number of halogens is 1. The van der Waals surface area contributed by atoms with E-state index >= 15 is 0 Å². The van der Waals surface area contributed by atoms with Crippen LogP contribution in [-0.4, -0.2) is 17.7 Å². The Bertz CT molecular complexity index is 415. The van der Waals surface area contributed by atoms with Gasteiger partial charge in [0.05, 0.1) is 6.61 Å². The molecule has 0 amide bonds. The van der Waals surface area contributed by atoms with Crippen molar-refractivity contribution in [3.63, 3.8) is 0 Å². The van der Waals surface area contributed by atoms with Crippen molar-refractivity contribution in [2.45, 2.75) is 25.7 Å². The summed E-state index contributed by atoms with van der Waals surface area (Å²) in [6, 6.07) is 3.11. The van der Waals surface area contributed by atoms with Gasteiger partial charge in [0.15, 0.2) is 0 Å². The number of carboxylic acid groups (broad SMARTS) is 1. The molecule has 0 spiro atoms. The second-order valence-electron chi connectivity index (χ2n) is 3.86. The minimum atomic E-state index is -0.923. The van der Waals surface area contributed by atoms with Gasteiger partial charge in [0.2, 0.25) is 0 Å². The Morgan fingerprint density at radius 1 is 1.50 bits per heavy atom. The predicted molar refractivity (Wildman–Crippen MR) is 56.2 cm³/mol. The first kappa shape index (κ1) is 10.9. The maximum absolute atomic E-state index is 13.6. The molecule has 0 saturated carbocycles. The highest BCUT2D eigenvalue weighted by Gasteiger charge is 2.18. The molecule has 1 heterocycles. The number of aliphatic carboxylic acids is 1. The van der Waals surface area contributed by atoms with E-state index in [-0.39, 0.29) is 18.7 Å². The zero-order valence-electron chi connectivity index (χ0n) is 8.83. The SMILES string of the molecule is O=C(O)CCc1c(F)ccc2c1OCCC2. The van der Waals surface area contributed by atoms with Crippen molar-refractivity contribution in [1.29, 1.82) is 0 Å². The molecule has 4 heteroatoms. The lowest BCUT2D eigenvalue weighted by atomic mass is 9.99. The fourth-order valence-electron chi connectivity index (χ4n) is 1.93. The lowest BCUT2D eigenvalue weighted by Crippen LogP contribution is -2.12. The van der Waals surface area contributed by atoms with Crippen LogP contribution in [0.2, 0.25) is 0 Å². The summed E-state index contributed by atoms with van der Waals surface area (Å²) in [4.78, 5) is 10.5. The van der Waals surface area contributed by atoms with Crippen molar-refractivity contribution < 1.29 is 19.0 Å². The Hall–Kier alpha value is -1.58. The number of hydrogen-bond donors (Lipinski definition) is 1. The van der Waals surface area contributed by atoms with Gasteiger partial charge in [0, 0.05) is 12.0 Å². The van der Waals surface area contributed by atoms with Gasteiger partial charge in [-0.1, -0.05) is 6.07 Å². The molecule has 3 nitrogen and oxygen atoms in total. The van der Waals surface area contributed by atoms with E-state index in [0.717, 1.165) is 18.4 Å². The number of ether oxygens (including phenoxy) is 1. The summed E-state index contributed by atoms with van der Waals surface area (Å²) in [5.41, 5.74) is 1.38. The first-order chi connectivity index (χ1) is 7.68. The summed E-state index contributed by atoms with van der Waals surface area (Å²) >= 11 is 0. The van der Waals surface area contributed by atoms with Crippen LogP contribution in [0.5, 0.6) is 5.75 Å². The van der Waals surface area contributed by atoms with Crippen LogP contribution in [-0.2, 0) is 17.6 Å². The van der Waals surface area contributed by atoms with Crippen LogP contribution < -0.4 is 4.74 Å². The molecule has 0 saturated heterocycles. The number of carbonyl (C=O) groups is 1. The van der Waals surface area contributed by atoms with Crippen molar-refractivity contribution in [3.8, 4) is 5.75 Å². The zero-order chi connectivity index (χ0) is 11.5. The average molecular weight is 224 g/mol. The van der Waals surface area contributed by atoms with Gasteiger partial charge in [-0.15, -0.1) is 0 Å². The summed E-state index contributed by atoms with van der Waals surface area (Å²) in [6.07, 6.45) is 1.91. The lowest BCUT2D eigenvalue weighted by molar-refractivity contribution is -0.136. The zero-order valence-corrected chi connectivity index (χ0v) is 8.83. The van der Waals surface area contributed by atoms with Crippen LogP contribution in [0.3, 0.4) is 0 Å². The van der Waals surface area contributed by atoms with Crippen LogP contribution >= 0.6 is 0 Å². The first-order valence-corrected chi connectivity index (χ1v) is 5.33. The van der Waals surface area contributed by atoms with Crippen LogP contribution in [0.25, 0.3) is 0 Å². The molecule has 0 aliphatic carbocycles. The fraction of sp³-hybridized carbons (Fsp3) is 0.417. The highest BCUT2D eigenvalue weighted by Crippen LogP contribution is 2.31. The standard InChI is InChI=1S/C12H13FO3/c13-10-5-3-8-2-1-7-16-12(8)9(10)4-6-11(14)15/h3,5H,1-2,4,6-7H2,(H,14,15). The fourth-order valence-corrected chi connectivity index (χ4v) is 1.93. The van der Waals surface area contributed by atoms with Crippen molar-refractivity contribution in [1.82, 2.24) is 0 Å². The van der Waals surface area contributed by atoms with E-state index in [9.17, 15) is 9.18 Å². The van der Waals surface area contributed by atoms with Crippen molar-refractivity contribution >= 4 is 5.97 Å². The van der Waals surface area contributed by atoms with E-state index < -0.39 is 5.97 Å². The number of benzene rings is 1. The second kappa shape index (κ2) is 4.51. The maximum Gasteiger partial charge on any atom is 0.303 e. The topological polar surface area (TPSA) is 46.5 Å². The van der Waals surface area contributed by atoms with Gasteiger partial charge in [-0.05, 0) is 30.9 Å². The van der Waals surface area contributed by atoms with Gasteiger partial charge in [0.25, 0.3) is 0 Å². The van der Waals surface area contributed by atoms with Crippen LogP contribution in [0, 0.1) is 5.82 Å². The van der Waals surface area contributed by atoms with E-state index in [0.29, 0.717) is 17.9 Å². The molecule has 1 aliphatic rings. The highest BCUT2D eigenvalue weighted by atomic mass is 19.1. The minimum Gasteiger partial charge on any atom is -0.493 e. The van der Waals surface area contributed by atoms with Gasteiger partial charge >= 0.3 is 5.97 Å². The Morgan fingerprint density at radius 3 is 3.06 bits per heavy atom. The summed E-state index contributed by atoms with van der Waals surface area (Å²) in [5, 5.41) is 8.61. The van der Waals surface area contributed by atoms with E-state index in [2.05, 4.69) is 0 Å². The van der Waals surface area contributed by atoms with Crippen LogP contribution in [0.15, 0.2) is 12.1 Å². The summed E-state index contributed by atoms with van der Waals surface area (Å²) in [7, 11) is 0. The third-order valence-corrected chi connectivity index (χ3v) is 2.71. The largest absolute Gasteiger partial charge is 0.493 e. The number of fused-ring (bicyclic) bond motifs is 1. The van der Waals surface area contributed by atoms with E-state index in [1.165, 1.54) is 6.07 Å². The Kier molecular flexibility index (Phi) is 3.08. The maximum atomic E-state index is 13.6. The van der Waals surface area contributed by atoms with E-state index in [1.807, 2.05) is 0 Å². The molecule has 2 rings (SSSR count). The average Bonchev–Trinajstić information content (AvgIpc) is 2.27. The smallest absolute Gasteiger partial charge is 0.303 e. The molecule has 0 fully saturated rings. The predicted octanol–water partition coefficient (Wildman–Crippen LogP) is 2.17. The molecule has 1 aliphatic heterocycles. The van der Waals surface area contributed by atoms with E-state index in [1.54, 1.807) is 6.07 Å². The molecule has 16 heavy (non-hydrogen) atoms. The van der Waals surface area contributed by atoms with Gasteiger partial charge < -0.3 is 9.84 Å². The minimum absolute atomic E-state index is 0.0727. The molecular formula is C12H13FO3. The van der Waals surface area contributed by atoms with Gasteiger partial charge in [-0.2, -0.15) is 0 Å². The molecule has 1 aromatic rings. The monoisotopic (exact) mass is 224 g/mol. The van der Waals surface area contributed by atoms with E-state index in [4.69, 9.17) is 9.84 Å². The third kappa shape index (κ3) is 2.15. The third-order valence-electron chi connectivity index (χ3n) is 2.71. The molecule has 0 atom stereocenters. The Balaban J connectivity index is 2.30. The molecule has 1 aromatic carbocycles. The molecule has 0 unspecified atom stereocenters. The lowest BCUT2D eigenvalue weighted by Gasteiger charge is -2.20. The molecule has 86 valence electrons. The molecule has 0 bridgehead atoms. The van der Waals surface area contributed by atoms with Crippen molar-refractivity contribution in [3.05, 3.63) is 29.1 Å². The summed E-state index contributed by atoms with van der Waals surface area (Å²) < 4.78 is 19.0. The van der Waals surface area contributed by atoms with Crippen LogP contribution in [0.1, 0.15) is 24.0 Å². The van der Waals surface area contributed by atoms with Crippen LogP contribution in [0.4, 0.5) is 4.39 Å². The Labute approximate surface area is 92.9 Å². The number of carboxylic acids is 1. The number of rotatable bonds is 3. The van der Waals surface area contributed by atoms with Gasteiger partial charge in [0.1, 0.15) is 11.6 Å². The van der Waals surface area contributed by atoms with Crippen molar-refractivity contribution in [2.75, 3.05) is 6.61 Å². The van der Waals surface area contributed by atoms with Crippen molar-refractivity contribution in [2.24, 2.45) is 0 Å². The highest BCUT2D eigenvalue weighted by molar-refractivity contribution is 5.67. The second-order valence-corrected chi connectivity index (χ2v) is 3.86. The number of aryl methyl sites for hydroxylation is 1. The quantitative estimate of drug-likeness (QED) is 0.855. The Morgan fingerprint density at radius 2 is 2.31 bits per heavy atom. The molecule has 0 aromatic heterocycles.